The molecule has 1 aromatic rings. The van der Waals surface area contributed by atoms with E-state index in [1.54, 1.807) is 0 Å². The summed E-state index contributed by atoms with van der Waals surface area (Å²) in [4.78, 5) is 0. The van der Waals surface area contributed by atoms with Gasteiger partial charge in [-0.25, -0.2) is 0 Å². The van der Waals surface area contributed by atoms with Crippen LogP contribution in [0.15, 0.2) is 6.07 Å². The molecule has 88 valence electrons. The van der Waals surface area contributed by atoms with E-state index in [9.17, 15) is 0 Å². The van der Waals surface area contributed by atoms with E-state index in [0.29, 0.717) is 6.04 Å². The maximum Gasteiger partial charge on any atom is 0.0648 e. The highest BCUT2D eigenvalue weighted by atomic mass is 15.1. The summed E-state index contributed by atoms with van der Waals surface area (Å²) in [6.45, 7) is 4.05. The molecule has 0 aliphatic heterocycles. The van der Waals surface area contributed by atoms with Gasteiger partial charge in [0.05, 0.1) is 11.4 Å². The molecule has 1 saturated carbocycles. The summed E-state index contributed by atoms with van der Waals surface area (Å²) < 4.78 is 0. The predicted molar refractivity (Wildman–Crippen MR) is 65.3 cm³/mol. The van der Waals surface area contributed by atoms with Crippen molar-refractivity contribution in [1.82, 2.24) is 15.5 Å². The largest absolute Gasteiger partial charge is 0.313 e. The minimum atomic E-state index is 0.440. The molecular formula is C13H21N3. The molecule has 16 heavy (non-hydrogen) atoms. The summed E-state index contributed by atoms with van der Waals surface area (Å²) in [5.74, 6) is 0.993. The molecule has 1 aromatic heterocycles. The average molecular weight is 219 g/mol. The second-order valence-corrected chi connectivity index (χ2v) is 4.89. The van der Waals surface area contributed by atoms with Crippen LogP contribution >= 0.6 is 0 Å². The Morgan fingerprint density at radius 3 is 2.75 bits per heavy atom. The smallest absolute Gasteiger partial charge is 0.0648 e. The number of hydrogen-bond acceptors (Lipinski definition) is 3. The Hall–Kier alpha value is -0.960. The number of nitrogens with one attached hydrogen (secondary N) is 1. The van der Waals surface area contributed by atoms with Gasteiger partial charge in [0.2, 0.25) is 0 Å². The summed E-state index contributed by atoms with van der Waals surface area (Å²) in [6, 6.07) is 2.60. The molecule has 1 fully saturated rings. The second kappa shape index (κ2) is 4.91. The zero-order valence-electron chi connectivity index (χ0n) is 10.5. The third kappa shape index (κ3) is 2.79. The predicted octanol–water partition coefficient (Wildman–Crippen LogP) is 2.54. The highest BCUT2D eigenvalue weighted by Crippen LogP contribution is 2.36. The Kier molecular flexibility index (Phi) is 3.54. The summed E-state index contributed by atoms with van der Waals surface area (Å²) in [6.07, 6.45) is 5.42. The monoisotopic (exact) mass is 219 g/mol. The average Bonchev–Trinajstić information content (AvgIpc) is 3.07. The Labute approximate surface area is 97.7 Å². The van der Waals surface area contributed by atoms with Crippen LogP contribution in [0.4, 0.5) is 0 Å². The Bertz CT molecular complexity index is 358. The lowest BCUT2D eigenvalue weighted by atomic mass is 9.99. The summed E-state index contributed by atoms with van der Waals surface area (Å²) in [5, 5.41) is 11.7. The molecule has 0 amide bonds. The van der Waals surface area contributed by atoms with Gasteiger partial charge in [-0.1, -0.05) is 12.8 Å². The molecular weight excluding hydrogens is 198 g/mol. The van der Waals surface area contributed by atoms with Crippen molar-refractivity contribution in [3.05, 3.63) is 23.0 Å². The summed E-state index contributed by atoms with van der Waals surface area (Å²) >= 11 is 0. The first-order valence-corrected chi connectivity index (χ1v) is 6.18. The minimum absolute atomic E-state index is 0.440. The molecule has 3 heteroatoms. The fourth-order valence-corrected chi connectivity index (χ4v) is 2.19. The molecule has 1 aliphatic carbocycles. The van der Waals surface area contributed by atoms with E-state index in [-0.39, 0.29) is 0 Å². The van der Waals surface area contributed by atoms with Gasteiger partial charge in [-0.05, 0) is 51.3 Å². The van der Waals surface area contributed by atoms with Crippen LogP contribution in [0.25, 0.3) is 0 Å². The Balaban J connectivity index is 2.07. The van der Waals surface area contributed by atoms with Crippen LogP contribution in [0.1, 0.15) is 48.7 Å². The van der Waals surface area contributed by atoms with E-state index >= 15 is 0 Å². The highest BCUT2D eigenvalue weighted by molar-refractivity contribution is 5.23. The van der Waals surface area contributed by atoms with Crippen LogP contribution in [0.3, 0.4) is 0 Å². The number of hydrogen-bond donors (Lipinski definition) is 1. The summed E-state index contributed by atoms with van der Waals surface area (Å²) in [7, 11) is 2.03. The van der Waals surface area contributed by atoms with Gasteiger partial charge in [-0.2, -0.15) is 10.2 Å². The van der Waals surface area contributed by atoms with Crippen molar-refractivity contribution in [2.45, 2.75) is 45.6 Å². The van der Waals surface area contributed by atoms with Gasteiger partial charge in [-0.3, -0.25) is 0 Å². The zero-order valence-corrected chi connectivity index (χ0v) is 10.5. The van der Waals surface area contributed by atoms with E-state index in [0.717, 1.165) is 17.3 Å². The van der Waals surface area contributed by atoms with Crippen molar-refractivity contribution < 1.29 is 0 Å². The van der Waals surface area contributed by atoms with Crippen LogP contribution in [0, 0.1) is 19.8 Å². The van der Waals surface area contributed by atoms with Crippen molar-refractivity contribution in [1.29, 1.82) is 0 Å². The van der Waals surface area contributed by atoms with E-state index in [4.69, 9.17) is 0 Å². The quantitative estimate of drug-likeness (QED) is 0.827. The third-order valence-corrected chi connectivity index (χ3v) is 3.42. The third-order valence-electron chi connectivity index (χ3n) is 3.42. The molecule has 3 nitrogen and oxygen atoms in total. The molecule has 1 unspecified atom stereocenters. The molecule has 0 saturated heterocycles. The van der Waals surface area contributed by atoms with Crippen molar-refractivity contribution >= 4 is 0 Å². The van der Waals surface area contributed by atoms with Gasteiger partial charge in [0.1, 0.15) is 0 Å². The lowest BCUT2D eigenvalue weighted by Gasteiger charge is -2.18. The minimum Gasteiger partial charge on any atom is -0.313 e. The van der Waals surface area contributed by atoms with Gasteiger partial charge >= 0.3 is 0 Å². The van der Waals surface area contributed by atoms with Crippen LogP contribution in [0.2, 0.25) is 0 Å². The molecule has 0 aromatic carbocycles. The topological polar surface area (TPSA) is 37.8 Å². The molecule has 0 spiro atoms. The normalized spacial score (nSPS) is 17.4. The number of rotatable bonds is 5. The van der Waals surface area contributed by atoms with Crippen LogP contribution < -0.4 is 5.32 Å². The van der Waals surface area contributed by atoms with E-state index in [1.807, 2.05) is 20.9 Å². The molecule has 0 bridgehead atoms. The van der Waals surface area contributed by atoms with Crippen LogP contribution in [0.5, 0.6) is 0 Å². The van der Waals surface area contributed by atoms with Gasteiger partial charge < -0.3 is 5.32 Å². The molecule has 1 N–H and O–H groups in total. The first-order chi connectivity index (χ1) is 7.70. The van der Waals surface area contributed by atoms with Crippen molar-refractivity contribution in [2.75, 3.05) is 7.05 Å². The maximum absolute atomic E-state index is 4.20. The van der Waals surface area contributed by atoms with Gasteiger partial charge in [0.25, 0.3) is 0 Å². The van der Waals surface area contributed by atoms with Crippen LogP contribution in [-0.2, 0) is 0 Å². The van der Waals surface area contributed by atoms with E-state index < -0.39 is 0 Å². The fourth-order valence-electron chi connectivity index (χ4n) is 2.19. The lowest BCUT2D eigenvalue weighted by molar-refractivity contribution is 0.501. The van der Waals surface area contributed by atoms with Crippen LogP contribution in [-0.4, -0.2) is 17.2 Å². The standard InChI is InChI=1S/C13H21N3/c1-9-8-12(10(2)16-15-9)13(14-3)7-6-11-4-5-11/h8,11,13-14H,4-7H2,1-3H3. The molecule has 2 rings (SSSR count). The number of aryl methyl sites for hydroxylation is 2. The lowest BCUT2D eigenvalue weighted by Crippen LogP contribution is -2.18. The SMILES string of the molecule is CNC(CCC1CC1)c1cc(C)nnc1C. The van der Waals surface area contributed by atoms with E-state index in [1.165, 1.54) is 31.2 Å². The molecule has 1 atom stereocenters. The van der Waals surface area contributed by atoms with Crippen molar-refractivity contribution in [2.24, 2.45) is 5.92 Å². The Morgan fingerprint density at radius 2 is 2.12 bits per heavy atom. The molecule has 1 aliphatic rings. The van der Waals surface area contributed by atoms with Crippen molar-refractivity contribution in [3.8, 4) is 0 Å². The highest BCUT2D eigenvalue weighted by Gasteiger charge is 2.23. The summed E-state index contributed by atoms with van der Waals surface area (Å²) in [5.41, 5.74) is 3.38. The fraction of sp³-hybridized carbons (Fsp3) is 0.692. The molecule has 1 heterocycles. The number of nitrogens with zero attached hydrogens (tertiary/aromatic N) is 2. The second-order valence-electron chi connectivity index (χ2n) is 4.89. The van der Waals surface area contributed by atoms with Gasteiger partial charge in [0.15, 0.2) is 0 Å². The zero-order chi connectivity index (χ0) is 11.5. The number of aromatic nitrogens is 2. The van der Waals surface area contributed by atoms with Gasteiger partial charge in [0, 0.05) is 6.04 Å². The first kappa shape index (κ1) is 11.5. The van der Waals surface area contributed by atoms with Crippen molar-refractivity contribution in [3.63, 3.8) is 0 Å². The Morgan fingerprint density at radius 1 is 1.38 bits per heavy atom. The molecule has 0 radical (unpaired) electrons. The first-order valence-electron chi connectivity index (χ1n) is 6.18. The van der Waals surface area contributed by atoms with Gasteiger partial charge in [-0.15, -0.1) is 0 Å². The maximum atomic E-state index is 4.20. The van der Waals surface area contributed by atoms with E-state index in [2.05, 4.69) is 21.6 Å².